The van der Waals surface area contributed by atoms with Crippen molar-refractivity contribution in [1.82, 2.24) is 14.0 Å². The van der Waals surface area contributed by atoms with Crippen molar-refractivity contribution in [1.29, 1.82) is 0 Å². The highest BCUT2D eigenvalue weighted by Gasteiger charge is 2.32. The zero-order chi connectivity index (χ0) is 16.8. The van der Waals surface area contributed by atoms with E-state index in [1.54, 1.807) is 16.8 Å². The van der Waals surface area contributed by atoms with Crippen LogP contribution in [0.25, 0.3) is 5.65 Å². The Balaban J connectivity index is 2.06. The van der Waals surface area contributed by atoms with Gasteiger partial charge in [0.15, 0.2) is 0 Å². The Labute approximate surface area is 133 Å². The molecule has 3 rings (SSSR count). The van der Waals surface area contributed by atoms with Crippen molar-refractivity contribution >= 4 is 17.2 Å². The van der Waals surface area contributed by atoms with Crippen molar-refractivity contribution in [2.75, 3.05) is 0 Å². The molecule has 4 nitrogen and oxygen atoms in total. The lowest BCUT2D eigenvalue weighted by atomic mass is 10.2. The predicted molar refractivity (Wildman–Crippen MR) is 79.7 cm³/mol. The Morgan fingerprint density at radius 1 is 1.30 bits per heavy atom. The van der Waals surface area contributed by atoms with Crippen molar-refractivity contribution in [3.8, 4) is 0 Å². The Kier molecular flexibility index (Phi) is 3.68. The van der Waals surface area contributed by atoms with E-state index in [-0.39, 0.29) is 6.54 Å². The summed E-state index contributed by atoms with van der Waals surface area (Å²) in [6.45, 7) is 1.78. The molecule has 0 saturated heterocycles. The third-order valence-corrected chi connectivity index (χ3v) is 3.70. The minimum atomic E-state index is -4.57. The van der Waals surface area contributed by atoms with Gasteiger partial charge in [-0.25, -0.2) is 4.98 Å². The first-order valence-electron chi connectivity index (χ1n) is 6.66. The molecule has 0 aliphatic carbocycles. The molecule has 3 aromatic rings. The average Bonchev–Trinajstić information content (AvgIpc) is 2.86. The molecule has 3 heterocycles. The van der Waals surface area contributed by atoms with Gasteiger partial charge in [0.05, 0.1) is 17.8 Å². The number of aromatic nitrogens is 3. The van der Waals surface area contributed by atoms with E-state index >= 15 is 0 Å². The highest BCUT2D eigenvalue weighted by atomic mass is 35.5. The number of imidazole rings is 1. The van der Waals surface area contributed by atoms with Gasteiger partial charge in [-0.05, 0) is 24.6 Å². The van der Waals surface area contributed by atoms with E-state index in [9.17, 15) is 18.0 Å². The third-order valence-electron chi connectivity index (χ3n) is 3.43. The summed E-state index contributed by atoms with van der Waals surface area (Å²) in [6.07, 6.45) is -0.372. The first-order valence-corrected chi connectivity index (χ1v) is 7.04. The molecule has 8 heteroatoms. The van der Waals surface area contributed by atoms with E-state index in [2.05, 4.69) is 4.98 Å². The van der Waals surface area contributed by atoms with Gasteiger partial charge in [-0.15, -0.1) is 0 Å². The first kappa shape index (κ1) is 15.6. The second-order valence-electron chi connectivity index (χ2n) is 5.16. The fourth-order valence-corrected chi connectivity index (χ4v) is 2.55. The van der Waals surface area contributed by atoms with Crippen LogP contribution in [0.15, 0.2) is 41.6 Å². The van der Waals surface area contributed by atoms with E-state index in [4.69, 9.17) is 11.6 Å². The van der Waals surface area contributed by atoms with Crippen LogP contribution in [0.5, 0.6) is 0 Å². The van der Waals surface area contributed by atoms with Gasteiger partial charge in [0, 0.05) is 18.6 Å². The number of rotatable bonds is 2. The number of halogens is 4. The molecule has 0 unspecified atom stereocenters. The van der Waals surface area contributed by atoms with Gasteiger partial charge in [0.25, 0.3) is 5.56 Å². The van der Waals surface area contributed by atoms with Crippen LogP contribution in [0, 0.1) is 6.92 Å². The molecule has 0 fully saturated rings. The normalized spacial score (nSPS) is 12.0. The summed E-state index contributed by atoms with van der Waals surface area (Å²) in [6, 6.07) is 4.34. The van der Waals surface area contributed by atoms with Crippen molar-refractivity contribution in [2.45, 2.75) is 19.6 Å². The standard InChI is InChI=1S/C15H11ClF3N3O/c1-9-3-2-4-21-7-11(20-13(9)21)8-22-6-10(15(17,18)19)5-12(16)14(22)23/h2-7H,8H2,1H3. The van der Waals surface area contributed by atoms with E-state index in [0.29, 0.717) is 17.4 Å². The third kappa shape index (κ3) is 2.96. The maximum absolute atomic E-state index is 12.8. The van der Waals surface area contributed by atoms with E-state index in [0.717, 1.165) is 16.3 Å². The molecule has 23 heavy (non-hydrogen) atoms. The molecule has 0 amide bonds. The van der Waals surface area contributed by atoms with Gasteiger partial charge in [-0.3, -0.25) is 4.79 Å². The van der Waals surface area contributed by atoms with Crippen molar-refractivity contribution in [3.05, 3.63) is 69.0 Å². The molecule has 0 aromatic carbocycles. The Morgan fingerprint density at radius 3 is 2.70 bits per heavy atom. The number of pyridine rings is 2. The summed E-state index contributed by atoms with van der Waals surface area (Å²) < 4.78 is 41.2. The van der Waals surface area contributed by atoms with Crippen LogP contribution in [0.3, 0.4) is 0 Å². The molecule has 0 bridgehead atoms. The van der Waals surface area contributed by atoms with E-state index in [1.807, 2.05) is 19.1 Å². The SMILES string of the molecule is Cc1cccn2cc(Cn3cc(C(F)(F)F)cc(Cl)c3=O)nc12. The largest absolute Gasteiger partial charge is 0.417 e. The maximum Gasteiger partial charge on any atom is 0.417 e. The highest BCUT2D eigenvalue weighted by Crippen LogP contribution is 2.29. The summed E-state index contributed by atoms with van der Waals surface area (Å²) in [5.41, 5.74) is 0.425. The molecule has 0 saturated carbocycles. The molecule has 0 radical (unpaired) electrons. The molecule has 0 aliphatic heterocycles. The summed E-state index contributed by atoms with van der Waals surface area (Å²) in [7, 11) is 0. The number of aryl methyl sites for hydroxylation is 1. The van der Waals surface area contributed by atoms with Gasteiger partial charge in [0.1, 0.15) is 10.7 Å². The topological polar surface area (TPSA) is 39.3 Å². The summed E-state index contributed by atoms with van der Waals surface area (Å²) in [5, 5.41) is -0.472. The predicted octanol–water partition coefficient (Wildman–Crippen LogP) is 3.52. The molecule has 120 valence electrons. The smallest absolute Gasteiger partial charge is 0.308 e. The fraction of sp³-hybridized carbons (Fsp3) is 0.200. The molecule has 0 N–H and O–H groups in total. The molecular formula is C15H11ClF3N3O. The lowest BCUT2D eigenvalue weighted by Gasteiger charge is -2.10. The van der Waals surface area contributed by atoms with Crippen LogP contribution in [0.2, 0.25) is 5.02 Å². The van der Waals surface area contributed by atoms with E-state index < -0.39 is 22.3 Å². The van der Waals surface area contributed by atoms with Crippen molar-refractivity contribution < 1.29 is 13.2 Å². The minimum Gasteiger partial charge on any atom is -0.308 e. The second kappa shape index (κ2) is 5.42. The number of alkyl halides is 3. The van der Waals surface area contributed by atoms with Crippen molar-refractivity contribution in [2.24, 2.45) is 0 Å². The molecule has 3 aromatic heterocycles. The summed E-state index contributed by atoms with van der Waals surface area (Å²) in [4.78, 5) is 16.3. The average molecular weight is 342 g/mol. The Morgan fingerprint density at radius 2 is 2.04 bits per heavy atom. The number of fused-ring (bicyclic) bond motifs is 1. The quantitative estimate of drug-likeness (QED) is 0.715. The van der Waals surface area contributed by atoms with Crippen LogP contribution in [-0.4, -0.2) is 14.0 Å². The Hall–Kier alpha value is -2.28. The highest BCUT2D eigenvalue weighted by molar-refractivity contribution is 6.30. The van der Waals surface area contributed by atoms with Gasteiger partial charge in [0.2, 0.25) is 0 Å². The number of hydrogen-bond donors (Lipinski definition) is 0. The van der Waals surface area contributed by atoms with Crippen molar-refractivity contribution in [3.63, 3.8) is 0 Å². The molecule has 0 aliphatic rings. The fourth-order valence-electron chi connectivity index (χ4n) is 2.33. The molecule has 0 atom stereocenters. The van der Waals surface area contributed by atoms with Crippen LogP contribution >= 0.6 is 11.6 Å². The lowest BCUT2D eigenvalue weighted by Crippen LogP contribution is -2.23. The second-order valence-corrected chi connectivity index (χ2v) is 5.57. The summed E-state index contributed by atoms with van der Waals surface area (Å²) in [5.74, 6) is 0. The first-order chi connectivity index (χ1) is 10.8. The van der Waals surface area contributed by atoms with Gasteiger partial charge in [-0.1, -0.05) is 17.7 Å². The van der Waals surface area contributed by atoms with Gasteiger partial charge >= 0.3 is 6.18 Å². The van der Waals surface area contributed by atoms with E-state index in [1.165, 1.54) is 0 Å². The number of nitrogens with zero attached hydrogens (tertiary/aromatic N) is 3. The van der Waals surface area contributed by atoms with Crippen LogP contribution in [0.4, 0.5) is 13.2 Å². The van der Waals surface area contributed by atoms with Crippen LogP contribution in [0.1, 0.15) is 16.8 Å². The summed E-state index contributed by atoms with van der Waals surface area (Å²) >= 11 is 5.64. The minimum absolute atomic E-state index is 0.0937. The monoisotopic (exact) mass is 341 g/mol. The van der Waals surface area contributed by atoms with Gasteiger partial charge in [-0.2, -0.15) is 13.2 Å². The molecule has 0 spiro atoms. The zero-order valence-electron chi connectivity index (χ0n) is 11.9. The molecular weight excluding hydrogens is 331 g/mol. The maximum atomic E-state index is 12.8. The van der Waals surface area contributed by atoms with Crippen LogP contribution < -0.4 is 5.56 Å². The van der Waals surface area contributed by atoms with Gasteiger partial charge < -0.3 is 8.97 Å². The lowest BCUT2D eigenvalue weighted by molar-refractivity contribution is -0.138. The van der Waals surface area contributed by atoms with Crippen LogP contribution in [-0.2, 0) is 12.7 Å². The number of hydrogen-bond acceptors (Lipinski definition) is 2. The zero-order valence-corrected chi connectivity index (χ0v) is 12.7. The Bertz CT molecular complexity index is 943.